The third kappa shape index (κ3) is 3.52. The first-order valence-electron chi connectivity index (χ1n) is 7.21. The Labute approximate surface area is 122 Å². The van der Waals surface area contributed by atoms with E-state index in [4.69, 9.17) is 11.6 Å². The van der Waals surface area contributed by atoms with Crippen LogP contribution in [0.4, 0.5) is 0 Å². The van der Waals surface area contributed by atoms with Gasteiger partial charge in [0.2, 0.25) is 0 Å². The smallest absolute Gasteiger partial charge is 0.0409 e. The number of hydrogen-bond acceptors (Lipinski definition) is 1. The lowest BCUT2D eigenvalue weighted by Gasteiger charge is -2.30. The van der Waals surface area contributed by atoms with Gasteiger partial charge in [0, 0.05) is 11.1 Å². The fourth-order valence-corrected chi connectivity index (χ4v) is 3.17. The number of halogens is 1. The lowest BCUT2D eigenvalue weighted by Crippen LogP contribution is -2.33. The van der Waals surface area contributed by atoms with Crippen LogP contribution in [0.15, 0.2) is 18.2 Å². The van der Waals surface area contributed by atoms with Crippen LogP contribution in [0.3, 0.4) is 0 Å². The summed E-state index contributed by atoms with van der Waals surface area (Å²) in [6, 6.07) is 6.75. The highest BCUT2D eigenvalue weighted by atomic mass is 35.5. The predicted octanol–water partition coefficient (Wildman–Crippen LogP) is 4.99. The zero-order chi connectivity index (χ0) is 14.3. The number of hydrogen-bond donors (Lipinski definition) is 1. The quantitative estimate of drug-likeness (QED) is 0.822. The lowest BCUT2D eigenvalue weighted by atomic mass is 9.85. The van der Waals surface area contributed by atoms with E-state index in [2.05, 4.69) is 52.1 Å². The summed E-state index contributed by atoms with van der Waals surface area (Å²) in [7, 11) is 0. The van der Waals surface area contributed by atoms with Crippen molar-refractivity contribution in [1.82, 2.24) is 5.32 Å². The lowest BCUT2D eigenvalue weighted by molar-refractivity contribution is 0.254. The van der Waals surface area contributed by atoms with Crippen molar-refractivity contribution in [2.24, 2.45) is 10.8 Å². The summed E-state index contributed by atoms with van der Waals surface area (Å²) in [5.41, 5.74) is 3.49. The highest BCUT2D eigenvalue weighted by Crippen LogP contribution is 2.45. The number of rotatable bonds is 3. The summed E-state index contributed by atoms with van der Waals surface area (Å²) < 4.78 is 0. The van der Waals surface area contributed by atoms with E-state index in [0.717, 1.165) is 18.0 Å². The van der Waals surface area contributed by atoms with Crippen molar-refractivity contribution in [2.45, 2.75) is 53.5 Å². The van der Waals surface area contributed by atoms with Gasteiger partial charge in [0.25, 0.3) is 0 Å². The van der Waals surface area contributed by atoms with E-state index >= 15 is 0 Å². The fraction of sp³-hybridized carbons (Fsp3) is 0.647. The monoisotopic (exact) mass is 279 g/mol. The average molecular weight is 280 g/mol. The van der Waals surface area contributed by atoms with E-state index in [-0.39, 0.29) is 5.41 Å². The van der Waals surface area contributed by atoms with Gasteiger partial charge in [0.1, 0.15) is 0 Å². The third-order valence-electron chi connectivity index (χ3n) is 4.07. The van der Waals surface area contributed by atoms with Crippen molar-refractivity contribution in [1.29, 1.82) is 0 Å². The molecule has 0 bridgehead atoms. The highest BCUT2D eigenvalue weighted by Gasteiger charge is 2.38. The van der Waals surface area contributed by atoms with Crippen LogP contribution < -0.4 is 5.32 Å². The minimum absolute atomic E-state index is 0.269. The molecule has 2 rings (SSSR count). The van der Waals surface area contributed by atoms with E-state index in [0.29, 0.717) is 11.5 Å². The molecule has 1 N–H and O–H groups in total. The normalized spacial score (nSPS) is 21.5. The maximum Gasteiger partial charge on any atom is 0.0409 e. The maximum absolute atomic E-state index is 6.16. The first-order chi connectivity index (χ1) is 8.69. The molecule has 1 aromatic rings. The van der Waals surface area contributed by atoms with Crippen molar-refractivity contribution in [3.8, 4) is 0 Å². The second-order valence-electron chi connectivity index (χ2n) is 7.71. The number of nitrogens with one attached hydrogen (secondary N) is 1. The summed E-state index contributed by atoms with van der Waals surface area (Å²) in [5, 5.41) is 4.60. The molecule has 0 saturated heterocycles. The van der Waals surface area contributed by atoms with Crippen molar-refractivity contribution in [2.75, 3.05) is 6.54 Å². The van der Waals surface area contributed by atoms with Crippen LogP contribution in [0.2, 0.25) is 5.02 Å². The molecule has 1 aliphatic rings. The molecule has 1 aliphatic carbocycles. The summed E-state index contributed by atoms with van der Waals surface area (Å²) in [4.78, 5) is 0. The molecule has 19 heavy (non-hydrogen) atoms. The van der Waals surface area contributed by atoms with Crippen LogP contribution in [0.25, 0.3) is 0 Å². The van der Waals surface area contributed by atoms with Crippen molar-refractivity contribution in [3.63, 3.8) is 0 Å². The standard InChI is InChI=1S/C17H26ClN/c1-16(2,3)8-9-19-15-14-10-13(18)7-6-12(14)11-17(15,4)5/h6-7,10,15,19H,8-9,11H2,1-5H3. The SMILES string of the molecule is CC(C)(C)CCNC1c2cc(Cl)ccc2CC1(C)C. The van der Waals surface area contributed by atoms with Crippen LogP contribution in [-0.2, 0) is 6.42 Å². The Kier molecular flexibility index (Phi) is 3.99. The molecule has 0 heterocycles. The Morgan fingerprint density at radius 1 is 1.32 bits per heavy atom. The maximum atomic E-state index is 6.16. The summed E-state index contributed by atoms with van der Waals surface area (Å²) in [5.74, 6) is 0. The largest absolute Gasteiger partial charge is 0.309 e. The molecule has 0 amide bonds. The number of fused-ring (bicyclic) bond motifs is 1. The third-order valence-corrected chi connectivity index (χ3v) is 4.31. The zero-order valence-electron chi connectivity index (χ0n) is 12.8. The van der Waals surface area contributed by atoms with E-state index in [1.807, 2.05) is 6.07 Å². The van der Waals surface area contributed by atoms with E-state index in [1.54, 1.807) is 0 Å². The van der Waals surface area contributed by atoms with Gasteiger partial charge in [-0.2, -0.15) is 0 Å². The Balaban J connectivity index is 2.13. The molecule has 0 saturated carbocycles. The summed E-state index contributed by atoms with van der Waals surface area (Å²) in [6.45, 7) is 12.6. The van der Waals surface area contributed by atoms with Crippen LogP contribution in [0.1, 0.15) is 58.2 Å². The molecular formula is C17H26ClN. The molecule has 0 aromatic heterocycles. The molecule has 106 valence electrons. The topological polar surface area (TPSA) is 12.0 Å². The predicted molar refractivity (Wildman–Crippen MR) is 83.8 cm³/mol. The zero-order valence-corrected chi connectivity index (χ0v) is 13.6. The Morgan fingerprint density at radius 2 is 2.00 bits per heavy atom. The van der Waals surface area contributed by atoms with Gasteiger partial charge in [-0.25, -0.2) is 0 Å². The Bertz CT molecular complexity index is 457. The fourth-order valence-electron chi connectivity index (χ4n) is 2.99. The number of benzene rings is 1. The Morgan fingerprint density at radius 3 is 2.63 bits per heavy atom. The molecule has 1 nitrogen and oxygen atoms in total. The van der Waals surface area contributed by atoms with Gasteiger partial charge >= 0.3 is 0 Å². The molecule has 0 aliphatic heterocycles. The highest BCUT2D eigenvalue weighted by molar-refractivity contribution is 6.30. The van der Waals surface area contributed by atoms with E-state index in [1.165, 1.54) is 17.5 Å². The van der Waals surface area contributed by atoms with Gasteiger partial charge in [-0.1, -0.05) is 52.3 Å². The average Bonchev–Trinajstić information content (AvgIpc) is 2.48. The van der Waals surface area contributed by atoms with Crippen molar-refractivity contribution in [3.05, 3.63) is 34.3 Å². The Hall–Kier alpha value is -0.530. The van der Waals surface area contributed by atoms with Crippen LogP contribution in [0, 0.1) is 10.8 Å². The van der Waals surface area contributed by atoms with Gasteiger partial charge in [0.05, 0.1) is 0 Å². The van der Waals surface area contributed by atoms with Crippen LogP contribution in [0.5, 0.6) is 0 Å². The molecule has 1 atom stereocenters. The minimum atomic E-state index is 0.269. The summed E-state index contributed by atoms with van der Waals surface area (Å²) >= 11 is 6.16. The van der Waals surface area contributed by atoms with Gasteiger partial charge in [0.15, 0.2) is 0 Å². The van der Waals surface area contributed by atoms with Gasteiger partial charge < -0.3 is 5.32 Å². The molecule has 0 fully saturated rings. The first kappa shape index (κ1) is 14.9. The van der Waals surface area contributed by atoms with Crippen LogP contribution >= 0.6 is 11.6 Å². The second kappa shape index (κ2) is 5.10. The summed E-state index contributed by atoms with van der Waals surface area (Å²) in [6.07, 6.45) is 2.32. The molecular weight excluding hydrogens is 254 g/mol. The molecule has 1 aromatic carbocycles. The second-order valence-corrected chi connectivity index (χ2v) is 8.14. The molecule has 1 unspecified atom stereocenters. The van der Waals surface area contributed by atoms with Gasteiger partial charge in [-0.05, 0) is 53.5 Å². The van der Waals surface area contributed by atoms with Gasteiger partial charge in [-0.15, -0.1) is 0 Å². The van der Waals surface area contributed by atoms with Crippen molar-refractivity contribution < 1.29 is 0 Å². The van der Waals surface area contributed by atoms with E-state index < -0.39 is 0 Å². The molecule has 2 heteroatoms. The van der Waals surface area contributed by atoms with Crippen molar-refractivity contribution >= 4 is 11.6 Å². The minimum Gasteiger partial charge on any atom is -0.309 e. The molecule has 0 spiro atoms. The van der Waals surface area contributed by atoms with E-state index in [9.17, 15) is 0 Å². The van der Waals surface area contributed by atoms with Gasteiger partial charge in [-0.3, -0.25) is 0 Å². The van der Waals surface area contributed by atoms with Crippen LogP contribution in [-0.4, -0.2) is 6.54 Å². The molecule has 0 radical (unpaired) electrons. The first-order valence-corrected chi connectivity index (χ1v) is 7.59.